The Morgan fingerprint density at radius 3 is 2.34 bits per heavy atom. The van der Waals surface area contributed by atoms with Crippen LogP contribution < -0.4 is 14.8 Å². The summed E-state index contributed by atoms with van der Waals surface area (Å²) < 4.78 is 30.5. The molecule has 29 heavy (non-hydrogen) atoms. The predicted molar refractivity (Wildman–Crippen MR) is 116 cm³/mol. The lowest BCUT2D eigenvalue weighted by atomic mass is 10.1. The van der Waals surface area contributed by atoms with Gasteiger partial charge < -0.3 is 10.1 Å². The second kappa shape index (κ2) is 8.98. The Morgan fingerprint density at radius 2 is 1.66 bits per heavy atom. The molecule has 0 spiro atoms. The minimum atomic E-state index is -3.40. The van der Waals surface area contributed by atoms with Gasteiger partial charge in [0.1, 0.15) is 5.75 Å². The molecule has 0 radical (unpaired) electrons. The van der Waals surface area contributed by atoms with E-state index in [0.717, 1.165) is 17.4 Å². The Kier molecular flexibility index (Phi) is 6.41. The molecule has 2 N–H and O–H groups in total. The molecule has 3 aromatic carbocycles. The maximum atomic E-state index is 12.2. The van der Waals surface area contributed by atoms with E-state index in [1.54, 1.807) is 30.3 Å². The molecule has 6 nitrogen and oxygen atoms in total. The van der Waals surface area contributed by atoms with Crippen molar-refractivity contribution in [3.8, 4) is 16.9 Å². The van der Waals surface area contributed by atoms with Crippen molar-refractivity contribution >= 4 is 38.9 Å². The highest BCUT2D eigenvalue weighted by Crippen LogP contribution is 2.30. The average molecular weight is 431 g/mol. The fourth-order valence-corrected chi connectivity index (χ4v) is 3.43. The van der Waals surface area contributed by atoms with Crippen molar-refractivity contribution in [1.82, 2.24) is 0 Å². The van der Waals surface area contributed by atoms with Crippen LogP contribution in [-0.2, 0) is 14.8 Å². The minimum Gasteiger partial charge on any atom is -0.482 e. The number of sulfonamides is 1. The minimum absolute atomic E-state index is 0.242. The number of nitrogens with one attached hydrogen (secondary N) is 2. The van der Waals surface area contributed by atoms with Crippen molar-refractivity contribution in [1.29, 1.82) is 0 Å². The normalized spacial score (nSPS) is 11.0. The summed E-state index contributed by atoms with van der Waals surface area (Å²) in [6.45, 7) is -0.242. The first-order valence-corrected chi connectivity index (χ1v) is 10.9. The number of hydrogen-bond donors (Lipinski definition) is 2. The first kappa shape index (κ1) is 20.7. The van der Waals surface area contributed by atoms with Gasteiger partial charge in [0, 0.05) is 5.69 Å². The second-order valence-electron chi connectivity index (χ2n) is 6.30. The number of rotatable bonds is 7. The third kappa shape index (κ3) is 6.23. The fourth-order valence-electron chi connectivity index (χ4n) is 2.64. The van der Waals surface area contributed by atoms with Crippen LogP contribution in [0.1, 0.15) is 0 Å². The van der Waals surface area contributed by atoms with Crippen molar-refractivity contribution in [3.05, 3.63) is 77.8 Å². The van der Waals surface area contributed by atoms with Gasteiger partial charge in [-0.1, -0.05) is 54.1 Å². The molecule has 0 unspecified atom stereocenters. The van der Waals surface area contributed by atoms with E-state index in [9.17, 15) is 13.2 Å². The maximum absolute atomic E-state index is 12.2. The summed E-state index contributed by atoms with van der Waals surface area (Å²) >= 11 is 6.28. The molecule has 0 aliphatic carbocycles. The zero-order valence-electron chi connectivity index (χ0n) is 15.6. The van der Waals surface area contributed by atoms with Gasteiger partial charge in [-0.15, -0.1) is 0 Å². The standard InChI is InChI=1S/C21H19ClN2O4S/c1-29(26,27)24-18-9-5-8-17(13-18)23-21(25)14-28-20-11-10-16(12-19(20)22)15-6-3-2-4-7-15/h2-13,24H,14H2,1H3,(H,23,25). The van der Waals surface area contributed by atoms with Crippen molar-refractivity contribution in [3.63, 3.8) is 0 Å². The maximum Gasteiger partial charge on any atom is 0.262 e. The summed E-state index contributed by atoms with van der Waals surface area (Å²) in [5.74, 6) is -0.00120. The molecule has 0 bridgehead atoms. The molecule has 8 heteroatoms. The highest BCUT2D eigenvalue weighted by Gasteiger charge is 2.09. The fraction of sp³-hybridized carbons (Fsp3) is 0.0952. The average Bonchev–Trinajstić information content (AvgIpc) is 2.66. The molecule has 0 aromatic heterocycles. The molecule has 150 valence electrons. The Balaban J connectivity index is 1.60. The second-order valence-corrected chi connectivity index (χ2v) is 8.46. The van der Waals surface area contributed by atoms with Crippen LogP contribution >= 0.6 is 11.6 Å². The molecule has 1 amide bonds. The van der Waals surface area contributed by atoms with Crippen molar-refractivity contribution in [2.45, 2.75) is 0 Å². The molecule has 0 aliphatic rings. The Bertz CT molecular complexity index is 1120. The summed E-state index contributed by atoms with van der Waals surface area (Å²) in [4.78, 5) is 12.2. The van der Waals surface area contributed by atoms with E-state index in [0.29, 0.717) is 22.1 Å². The molecule has 0 saturated heterocycles. The first-order valence-electron chi connectivity index (χ1n) is 8.66. The highest BCUT2D eigenvalue weighted by molar-refractivity contribution is 7.92. The van der Waals surface area contributed by atoms with E-state index >= 15 is 0 Å². The molecule has 0 atom stereocenters. The Labute approximate surface area is 174 Å². The van der Waals surface area contributed by atoms with Gasteiger partial charge in [0.2, 0.25) is 10.0 Å². The largest absolute Gasteiger partial charge is 0.482 e. The van der Waals surface area contributed by atoms with E-state index in [4.69, 9.17) is 16.3 Å². The van der Waals surface area contributed by atoms with Gasteiger partial charge in [-0.3, -0.25) is 9.52 Å². The van der Waals surface area contributed by atoms with Crippen molar-refractivity contribution in [2.75, 3.05) is 22.9 Å². The topological polar surface area (TPSA) is 84.5 Å². The van der Waals surface area contributed by atoms with Gasteiger partial charge >= 0.3 is 0 Å². The Morgan fingerprint density at radius 1 is 0.931 bits per heavy atom. The van der Waals surface area contributed by atoms with Gasteiger partial charge in [0.05, 0.1) is 17.0 Å². The van der Waals surface area contributed by atoms with Gasteiger partial charge in [-0.2, -0.15) is 0 Å². The van der Waals surface area contributed by atoms with E-state index in [1.165, 1.54) is 6.07 Å². The molecule has 0 heterocycles. The van der Waals surface area contributed by atoms with Crippen LogP contribution in [0.2, 0.25) is 5.02 Å². The molecular formula is C21H19ClN2O4S. The number of hydrogen-bond acceptors (Lipinski definition) is 4. The van der Waals surface area contributed by atoms with Gasteiger partial charge in [0.15, 0.2) is 6.61 Å². The van der Waals surface area contributed by atoms with Crippen LogP contribution in [0.5, 0.6) is 5.75 Å². The summed E-state index contributed by atoms with van der Waals surface area (Å²) in [5, 5.41) is 3.05. The number of carbonyl (C=O) groups is 1. The van der Waals surface area contributed by atoms with Gasteiger partial charge in [-0.25, -0.2) is 8.42 Å². The van der Waals surface area contributed by atoms with E-state index in [2.05, 4.69) is 10.0 Å². The summed E-state index contributed by atoms with van der Waals surface area (Å²) in [6.07, 6.45) is 1.05. The summed E-state index contributed by atoms with van der Waals surface area (Å²) in [6, 6.07) is 21.5. The molecule has 0 fully saturated rings. The number of anilines is 2. The first-order chi connectivity index (χ1) is 13.8. The molecular weight excluding hydrogens is 412 g/mol. The van der Waals surface area contributed by atoms with Crippen LogP contribution in [0.3, 0.4) is 0 Å². The van der Waals surface area contributed by atoms with Crippen LogP contribution in [0.4, 0.5) is 11.4 Å². The molecule has 3 aromatic rings. The van der Waals surface area contributed by atoms with E-state index in [1.807, 2.05) is 36.4 Å². The lowest BCUT2D eigenvalue weighted by Crippen LogP contribution is -2.20. The third-order valence-electron chi connectivity index (χ3n) is 3.85. The zero-order chi connectivity index (χ0) is 20.9. The molecule has 0 aliphatic heterocycles. The van der Waals surface area contributed by atoms with Crippen LogP contribution in [0, 0.1) is 0 Å². The highest BCUT2D eigenvalue weighted by atomic mass is 35.5. The smallest absolute Gasteiger partial charge is 0.262 e. The molecule has 3 rings (SSSR count). The number of carbonyl (C=O) groups excluding carboxylic acids is 1. The van der Waals surface area contributed by atoms with Crippen LogP contribution in [0.25, 0.3) is 11.1 Å². The quantitative estimate of drug-likeness (QED) is 0.582. The van der Waals surface area contributed by atoms with Crippen LogP contribution in [-0.4, -0.2) is 27.2 Å². The number of halogens is 1. The van der Waals surface area contributed by atoms with E-state index in [-0.39, 0.29) is 6.61 Å². The van der Waals surface area contributed by atoms with Gasteiger partial charge in [-0.05, 0) is 41.5 Å². The number of ether oxygens (including phenoxy) is 1. The SMILES string of the molecule is CS(=O)(=O)Nc1cccc(NC(=O)COc2ccc(-c3ccccc3)cc2Cl)c1. The zero-order valence-corrected chi connectivity index (χ0v) is 17.1. The van der Waals surface area contributed by atoms with Crippen LogP contribution in [0.15, 0.2) is 72.8 Å². The van der Waals surface area contributed by atoms with Crippen molar-refractivity contribution < 1.29 is 17.9 Å². The molecule has 0 saturated carbocycles. The lowest BCUT2D eigenvalue weighted by molar-refractivity contribution is -0.118. The number of benzene rings is 3. The lowest BCUT2D eigenvalue weighted by Gasteiger charge is -2.11. The van der Waals surface area contributed by atoms with E-state index < -0.39 is 15.9 Å². The predicted octanol–water partition coefficient (Wildman–Crippen LogP) is 4.40. The third-order valence-corrected chi connectivity index (χ3v) is 4.75. The monoisotopic (exact) mass is 430 g/mol. The Hall–Kier alpha value is -3.03. The van der Waals surface area contributed by atoms with Crippen molar-refractivity contribution in [2.24, 2.45) is 0 Å². The summed E-state index contributed by atoms with van der Waals surface area (Å²) in [5.41, 5.74) is 2.77. The van der Waals surface area contributed by atoms with Gasteiger partial charge in [0.25, 0.3) is 5.91 Å². The number of amides is 1. The summed E-state index contributed by atoms with van der Waals surface area (Å²) in [7, 11) is -3.40.